The van der Waals surface area contributed by atoms with Gasteiger partial charge in [-0.2, -0.15) is 0 Å². The Balaban J connectivity index is 0.000000144. The Labute approximate surface area is 511 Å². The van der Waals surface area contributed by atoms with Crippen LogP contribution in [-0.2, 0) is 4.74 Å². The first-order chi connectivity index (χ1) is 42.9. The summed E-state index contributed by atoms with van der Waals surface area (Å²) >= 11 is 0. The largest absolute Gasteiger partial charge is 0.496 e. The third-order valence-corrected chi connectivity index (χ3v) is 16.2. The van der Waals surface area contributed by atoms with E-state index in [0.29, 0.717) is 70.2 Å². The third-order valence-electron chi connectivity index (χ3n) is 16.2. The Morgan fingerprint density at radius 3 is 1.57 bits per heavy atom. The smallest absolute Gasteiger partial charge is 0.410 e. The lowest BCUT2D eigenvalue weighted by Crippen LogP contribution is -2.46. The van der Waals surface area contributed by atoms with Crippen molar-refractivity contribution >= 4 is 83.6 Å². The molecule has 0 aliphatic carbocycles. The van der Waals surface area contributed by atoms with Gasteiger partial charge in [0.1, 0.15) is 39.9 Å². The van der Waals surface area contributed by atoms with Crippen molar-refractivity contribution in [2.45, 2.75) is 86.3 Å². The SMILES string of the molecule is COc1cc2c(cc1-c1c(C)noc1C)[nH]c1nc(C(=O)N3CCNCC3)nc(-c3ccnc4ccccc34)c12.COc1cc2c(cc1-c1c(C)noc1C)[nH]c1nc(C(=O)O)nc(-c3ccnc4ccccc34)c12.C[C@H]1CCCCN1C(=O)OC(C)(C)C. The minimum atomic E-state index is -1.21. The van der Waals surface area contributed by atoms with Crippen LogP contribution in [0.4, 0.5) is 4.79 Å². The molecule has 0 radical (unpaired) electrons. The van der Waals surface area contributed by atoms with Gasteiger partial charge in [0.2, 0.25) is 11.6 Å². The molecule has 4 aromatic carbocycles. The second-order valence-electron chi connectivity index (χ2n) is 23.2. The van der Waals surface area contributed by atoms with E-state index in [1.807, 2.05) is 138 Å². The molecule has 0 saturated carbocycles. The van der Waals surface area contributed by atoms with Gasteiger partial charge in [-0.05, 0) is 123 Å². The van der Waals surface area contributed by atoms with Gasteiger partial charge in [-0.15, -0.1) is 0 Å². The van der Waals surface area contributed by atoms with E-state index in [9.17, 15) is 19.5 Å². The van der Waals surface area contributed by atoms with Crippen LogP contribution < -0.4 is 14.8 Å². The number of aromatic nitrogens is 10. The molecule has 2 aliphatic heterocycles. The minimum Gasteiger partial charge on any atom is -0.496 e. The maximum atomic E-state index is 13.6. The number of amides is 2. The van der Waals surface area contributed by atoms with Gasteiger partial charge in [-0.1, -0.05) is 46.7 Å². The van der Waals surface area contributed by atoms with Gasteiger partial charge in [0.25, 0.3) is 5.91 Å². The van der Waals surface area contributed by atoms with Gasteiger partial charge in [0.05, 0.1) is 69.9 Å². The highest BCUT2D eigenvalue weighted by Gasteiger charge is 2.30. The van der Waals surface area contributed by atoms with Gasteiger partial charge in [-0.25, -0.2) is 29.5 Å². The molecule has 0 unspecified atom stereocenters. The van der Waals surface area contributed by atoms with E-state index in [2.05, 4.69) is 52.5 Å². The summed E-state index contributed by atoms with van der Waals surface area (Å²) in [5, 5.41) is 26.2. The average molecular weight is 1200 g/mol. The molecule has 1 atom stereocenters. The van der Waals surface area contributed by atoms with Crippen LogP contribution in [0.25, 0.3) is 110 Å². The van der Waals surface area contributed by atoms with E-state index in [1.165, 1.54) is 6.42 Å². The zero-order valence-electron chi connectivity index (χ0n) is 51.2. The number of H-pyrrole nitrogens is 2. The Kier molecular flexibility index (Phi) is 16.0. The number of hydrogen-bond acceptors (Lipinski definition) is 17. The van der Waals surface area contributed by atoms with Crippen molar-refractivity contribution in [2.24, 2.45) is 0 Å². The Morgan fingerprint density at radius 2 is 1.11 bits per heavy atom. The van der Waals surface area contributed by atoms with Crippen LogP contribution in [-0.4, -0.2) is 142 Å². The topological polar surface area (TPSA) is 279 Å². The number of carboxylic acids is 1. The molecule has 4 N–H and O–H groups in total. The number of carboxylic acid groups (broad SMARTS) is 1. The molecular formula is C67H67N13O9. The van der Waals surface area contributed by atoms with E-state index < -0.39 is 5.97 Å². The number of nitrogens with zero attached hydrogens (tertiary/aromatic N) is 10. The van der Waals surface area contributed by atoms with Crippen LogP contribution in [0.5, 0.6) is 11.5 Å². The van der Waals surface area contributed by atoms with Crippen molar-refractivity contribution < 1.29 is 42.7 Å². The van der Waals surface area contributed by atoms with Crippen LogP contribution >= 0.6 is 0 Å². The summed E-state index contributed by atoms with van der Waals surface area (Å²) in [4.78, 5) is 75.1. The highest BCUT2D eigenvalue weighted by Crippen LogP contribution is 2.44. The molecule has 10 heterocycles. The van der Waals surface area contributed by atoms with Crippen LogP contribution in [0, 0.1) is 27.7 Å². The van der Waals surface area contributed by atoms with Crippen molar-refractivity contribution in [1.29, 1.82) is 0 Å². The van der Waals surface area contributed by atoms with E-state index in [1.54, 1.807) is 31.5 Å². The van der Waals surface area contributed by atoms with E-state index in [4.69, 9.17) is 33.2 Å². The van der Waals surface area contributed by atoms with E-state index >= 15 is 0 Å². The number of nitrogens with one attached hydrogen (secondary N) is 3. The number of carbonyl (C=O) groups excluding carboxylic acids is 2. The Bertz CT molecular complexity index is 4680. The van der Waals surface area contributed by atoms with Gasteiger partial charge in [0, 0.05) is 106 Å². The molecule has 2 fully saturated rings. The van der Waals surface area contributed by atoms with Gasteiger partial charge < -0.3 is 53.4 Å². The zero-order chi connectivity index (χ0) is 62.4. The molecule has 454 valence electrons. The summed E-state index contributed by atoms with van der Waals surface area (Å²) in [6.07, 6.45) is 6.72. The molecule has 2 saturated heterocycles. The molecule has 0 spiro atoms. The molecule has 22 heteroatoms. The maximum Gasteiger partial charge on any atom is 0.410 e. The second-order valence-corrected chi connectivity index (χ2v) is 23.2. The maximum absolute atomic E-state index is 13.6. The van der Waals surface area contributed by atoms with Gasteiger partial charge in [-0.3, -0.25) is 14.8 Å². The lowest BCUT2D eigenvalue weighted by molar-refractivity contribution is 0.0120. The highest BCUT2D eigenvalue weighted by atomic mass is 16.6. The standard InChI is InChI=1S/C30H27N7O3.C26H19N5O4.C11H21NO2/c1-16-25(17(2)40-36-16)21-14-23-20(15-24(21)39-3)26-27(19-8-9-32-22-7-5-4-6-18(19)22)34-29(35-28(26)33-23)30(38)37-12-10-31-11-13-37;1-12-21(13(2)35-31-12)17-10-19-16(11-20(17)34-3)22-23(29-25(26(32)33)30-24(22)28-19)15-8-9-27-18-7-5-4-6-14(15)18;1-9-7-5-6-8-12(9)10(13)14-11(2,3)4/h4-9,14-15,31H,10-13H2,1-3H3,(H,33,34,35);4-11H,1-3H3,(H,32,33)(H,28,29,30);9H,5-8H2,1-4H3/t;;9-/m..0/s1. The summed E-state index contributed by atoms with van der Waals surface area (Å²) in [7, 11) is 3.25. The van der Waals surface area contributed by atoms with E-state index in [-0.39, 0.29) is 29.3 Å². The predicted octanol–water partition coefficient (Wildman–Crippen LogP) is 12.8. The van der Waals surface area contributed by atoms with Gasteiger partial charge >= 0.3 is 12.1 Å². The first-order valence-corrected chi connectivity index (χ1v) is 29.5. The number of likely N-dealkylation sites (tertiary alicyclic amines) is 1. The normalized spacial score (nSPS) is 14.5. The fourth-order valence-electron chi connectivity index (χ4n) is 12.0. The molecular weight excluding hydrogens is 1130 g/mol. The number of hydrogen-bond donors (Lipinski definition) is 4. The summed E-state index contributed by atoms with van der Waals surface area (Å²) in [5.41, 5.74) is 11.6. The zero-order valence-corrected chi connectivity index (χ0v) is 51.2. The molecule has 2 amide bonds. The number of fused-ring (bicyclic) bond motifs is 8. The van der Waals surface area contributed by atoms with Crippen LogP contribution in [0.3, 0.4) is 0 Å². The number of rotatable bonds is 8. The van der Waals surface area contributed by atoms with Crippen molar-refractivity contribution in [3.05, 3.63) is 132 Å². The Hall–Kier alpha value is -10.4. The number of pyridine rings is 2. The van der Waals surface area contributed by atoms with Crippen molar-refractivity contribution in [3.8, 4) is 56.3 Å². The number of para-hydroxylation sites is 2. The number of carbonyl (C=O) groups is 3. The highest BCUT2D eigenvalue weighted by molar-refractivity contribution is 6.18. The number of ether oxygens (including phenoxy) is 3. The number of aromatic carboxylic acids is 1. The third kappa shape index (κ3) is 11.4. The number of benzene rings is 4. The lowest BCUT2D eigenvalue weighted by atomic mass is 9.99. The molecule has 22 nitrogen and oxygen atoms in total. The second kappa shape index (κ2) is 24.1. The molecule has 89 heavy (non-hydrogen) atoms. The number of methoxy groups -OCH3 is 2. The van der Waals surface area contributed by atoms with Crippen molar-refractivity contribution in [1.82, 2.24) is 65.3 Å². The molecule has 8 aromatic heterocycles. The quantitative estimate of drug-likeness (QED) is 0.110. The summed E-state index contributed by atoms with van der Waals surface area (Å²) in [6.45, 7) is 18.9. The first-order valence-electron chi connectivity index (χ1n) is 29.5. The van der Waals surface area contributed by atoms with Gasteiger partial charge in [0.15, 0.2) is 0 Å². The molecule has 12 aromatic rings. The lowest BCUT2D eigenvalue weighted by Gasteiger charge is -2.34. The fourth-order valence-corrected chi connectivity index (χ4v) is 12.0. The monoisotopic (exact) mass is 1200 g/mol. The molecule has 14 rings (SSSR count). The van der Waals surface area contributed by atoms with Crippen molar-refractivity contribution in [2.75, 3.05) is 46.9 Å². The van der Waals surface area contributed by atoms with E-state index in [0.717, 1.165) is 126 Å². The van der Waals surface area contributed by atoms with Crippen molar-refractivity contribution in [3.63, 3.8) is 0 Å². The molecule has 0 bridgehead atoms. The number of aromatic amines is 2. The van der Waals surface area contributed by atoms with Crippen LogP contribution in [0.2, 0.25) is 0 Å². The number of aryl methyl sites for hydroxylation is 4. The average Bonchev–Trinajstić information content (AvgIpc) is 1.67. The summed E-state index contributed by atoms with van der Waals surface area (Å²) < 4.78 is 27.8. The Morgan fingerprint density at radius 1 is 0.618 bits per heavy atom. The first kappa shape index (κ1) is 59.0. The summed E-state index contributed by atoms with van der Waals surface area (Å²) in [5.74, 6) is 1.16. The predicted molar refractivity (Wildman–Crippen MR) is 339 cm³/mol. The number of piperidine rings is 1. The fraction of sp³-hybridized carbons (Fsp3) is 0.299. The van der Waals surface area contributed by atoms with Crippen LogP contribution in [0.1, 0.15) is 91.1 Å². The molecule has 2 aliphatic rings. The summed E-state index contributed by atoms with van der Waals surface area (Å²) in [6, 6.07) is 27.6. The number of piperazine rings is 1. The van der Waals surface area contributed by atoms with Crippen LogP contribution in [0.15, 0.2) is 106 Å². The minimum absolute atomic E-state index is 0.162.